The molecule has 0 aliphatic rings. The lowest BCUT2D eigenvalue weighted by molar-refractivity contribution is -0.137. The molecule has 0 spiro atoms. The molecule has 1 aromatic heterocycles. The molecule has 1 amide bonds. The van der Waals surface area contributed by atoms with Crippen molar-refractivity contribution < 1.29 is 24.2 Å². The second-order valence-electron chi connectivity index (χ2n) is 5.26. The molecule has 0 unspecified atom stereocenters. The Kier molecular flexibility index (Phi) is 6.76. The molecule has 0 atom stereocenters. The number of aromatic nitrogens is 1. The van der Waals surface area contributed by atoms with Crippen LogP contribution in [0.15, 0.2) is 42.6 Å². The number of nitrogens with one attached hydrogen (secondary N) is 1. The average molecular weight is 344 g/mol. The molecular weight excluding hydrogens is 324 g/mol. The van der Waals surface area contributed by atoms with Crippen LogP contribution >= 0.6 is 0 Å². The van der Waals surface area contributed by atoms with Crippen LogP contribution in [0.2, 0.25) is 0 Å². The van der Waals surface area contributed by atoms with Crippen LogP contribution in [0, 0.1) is 0 Å². The SMILES string of the molecule is COc1ccc(C(=O)NCc2ccc(OCCCC(=O)O)cc2)cn1. The first-order chi connectivity index (χ1) is 12.1. The lowest BCUT2D eigenvalue weighted by Gasteiger charge is -2.08. The lowest BCUT2D eigenvalue weighted by Crippen LogP contribution is -2.22. The second-order valence-corrected chi connectivity index (χ2v) is 5.26. The smallest absolute Gasteiger partial charge is 0.303 e. The van der Waals surface area contributed by atoms with Crippen LogP contribution in [0.25, 0.3) is 0 Å². The molecule has 1 heterocycles. The van der Waals surface area contributed by atoms with Crippen LogP contribution in [0.4, 0.5) is 0 Å². The van der Waals surface area contributed by atoms with Gasteiger partial charge in [0.2, 0.25) is 5.88 Å². The van der Waals surface area contributed by atoms with E-state index in [1.54, 1.807) is 24.3 Å². The van der Waals surface area contributed by atoms with Crippen molar-refractivity contribution in [3.05, 3.63) is 53.7 Å². The highest BCUT2D eigenvalue weighted by molar-refractivity contribution is 5.93. The minimum atomic E-state index is -0.832. The first-order valence-corrected chi connectivity index (χ1v) is 7.80. The Hall–Kier alpha value is -3.09. The van der Waals surface area contributed by atoms with Crippen LogP contribution in [-0.2, 0) is 11.3 Å². The van der Waals surface area contributed by atoms with Gasteiger partial charge in [0.25, 0.3) is 5.91 Å². The van der Waals surface area contributed by atoms with Crippen molar-refractivity contribution >= 4 is 11.9 Å². The summed E-state index contributed by atoms with van der Waals surface area (Å²) in [5, 5.41) is 11.4. The number of hydrogen-bond acceptors (Lipinski definition) is 5. The first-order valence-electron chi connectivity index (χ1n) is 7.80. The van der Waals surface area contributed by atoms with E-state index in [0.29, 0.717) is 36.8 Å². The zero-order valence-electron chi connectivity index (χ0n) is 13.9. The summed E-state index contributed by atoms with van der Waals surface area (Å²) in [6.45, 7) is 0.733. The third kappa shape index (κ3) is 6.14. The van der Waals surface area contributed by atoms with Gasteiger partial charge in [0.15, 0.2) is 0 Å². The van der Waals surface area contributed by atoms with Crippen molar-refractivity contribution in [2.45, 2.75) is 19.4 Å². The Morgan fingerprint density at radius 3 is 2.52 bits per heavy atom. The fourth-order valence-electron chi connectivity index (χ4n) is 2.04. The summed E-state index contributed by atoms with van der Waals surface area (Å²) in [6, 6.07) is 10.5. The molecule has 7 heteroatoms. The Bertz CT molecular complexity index is 698. The molecule has 0 bridgehead atoms. The number of pyridine rings is 1. The molecule has 2 N–H and O–H groups in total. The van der Waals surface area contributed by atoms with E-state index < -0.39 is 5.97 Å². The number of carbonyl (C=O) groups excluding carboxylic acids is 1. The maximum absolute atomic E-state index is 12.0. The molecule has 2 aromatic rings. The number of hydrogen-bond donors (Lipinski definition) is 2. The molecular formula is C18H20N2O5. The second kappa shape index (κ2) is 9.27. The molecule has 7 nitrogen and oxygen atoms in total. The summed E-state index contributed by atoms with van der Waals surface area (Å²) in [6.07, 6.45) is 2.01. The third-order valence-corrected chi connectivity index (χ3v) is 3.39. The van der Waals surface area contributed by atoms with Crippen LogP contribution in [0.1, 0.15) is 28.8 Å². The molecule has 0 saturated carbocycles. The molecule has 0 fully saturated rings. The van der Waals surface area contributed by atoms with E-state index in [4.69, 9.17) is 14.6 Å². The predicted molar refractivity (Wildman–Crippen MR) is 90.8 cm³/mol. The van der Waals surface area contributed by atoms with E-state index in [1.807, 2.05) is 12.1 Å². The van der Waals surface area contributed by atoms with Gasteiger partial charge in [-0.2, -0.15) is 0 Å². The maximum atomic E-state index is 12.0. The number of methoxy groups -OCH3 is 1. The zero-order valence-corrected chi connectivity index (χ0v) is 13.9. The van der Waals surface area contributed by atoms with Gasteiger partial charge in [-0.15, -0.1) is 0 Å². The van der Waals surface area contributed by atoms with E-state index in [0.717, 1.165) is 5.56 Å². The van der Waals surface area contributed by atoms with Crippen LogP contribution < -0.4 is 14.8 Å². The summed E-state index contributed by atoms with van der Waals surface area (Å²) < 4.78 is 10.4. The van der Waals surface area contributed by atoms with E-state index >= 15 is 0 Å². The Labute approximate surface area is 145 Å². The average Bonchev–Trinajstić information content (AvgIpc) is 2.64. The highest BCUT2D eigenvalue weighted by Crippen LogP contribution is 2.13. The molecule has 25 heavy (non-hydrogen) atoms. The van der Waals surface area contributed by atoms with Crippen LogP contribution in [0.3, 0.4) is 0 Å². The normalized spacial score (nSPS) is 10.1. The maximum Gasteiger partial charge on any atom is 0.303 e. The Morgan fingerprint density at radius 2 is 1.92 bits per heavy atom. The number of carboxylic acid groups (broad SMARTS) is 1. The van der Waals surface area contributed by atoms with Gasteiger partial charge < -0.3 is 19.9 Å². The van der Waals surface area contributed by atoms with Gasteiger partial charge in [-0.25, -0.2) is 4.98 Å². The minimum Gasteiger partial charge on any atom is -0.494 e. The van der Waals surface area contributed by atoms with Crippen LogP contribution in [-0.4, -0.2) is 35.7 Å². The van der Waals surface area contributed by atoms with Crippen molar-refractivity contribution in [2.75, 3.05) is 13.7 Å². The number of carboxylic acids is 1. The minimum absolute atomic E-state index is 0.0876. The highest BCUT2D eigenvalue weighted by atomic mass is 16.5. The molecule has 0 aliphatic heterocycles. The molecule has 2 rings (SSSR count). The number of ether oxygens (including phenoxy) is 2. The van der Waals surface area contributed by atoms with E-state index in [-0.39, 0.29) is 12.3 Å². The Morgan fingerprint density at radius 1 is 1.16 bits per heavy atom. The molecule has 1 aromatic carbocycles. The van der Waals surface area contributed by atoms with Crippen molar-refractivity contribution in [1.82, 2.24) is 10.3 Å². The number of benzene rings is 1. The van der Waals surface area contributed by atoms with Gasteiger partial charge in [-0.3, -0.25) is 9.59 Å². The number of aliphatic carboxylic acids is 1. The van der Waals surface area contributed by atoms with Crippen molar-refractivity contribution in [1.29, 1.82) is 0 Å². The topological polar surface area (TPSA) is 97.8 Å². The molecule has 0 radical (unpaired) electrons. The molecule has 0 aliphatic carbocycles. The predicted octanol–water partition coefficient (Wildman–Crippen LogP) is 2.26. The van der Waals surface area contributed by atoms with E-state index in [9.17, 15) is 9.59 Å². The summed E-state index contributed by atoms with van der Waals surface area (Å²) in [4.78, 5) is 26.5. The Balaban J connectivity index is 1.78. The van der Waals surface area contributed by atoms with Crippen molar-refractivity contribution in [3.63, 3.8) is 0 Å². The molecule has 132 valence electrons. The van der Waals surface area contributed by atoms with Crippen LogP contribution in [0.5, 0.6) is 11.6 Å². The van der Waals surface area contributed by atoms with E-state index in [1.165, 1.54) is 13.3 Å². The number of rotatable bonds is 9. The van der Waals surface area contributed by atoms with Gasteiger partial charge >= 0.3 is 5.97 Å². The quantitative estimate of drug-likeness (QED) is 0.677. The first kappa shape index (κ1) is 18.3. The summed E-state index contributed by atoms with van der Waals surface area (Å²) >= 11 is 0. The lowest BCUT2D eigenvalue weighted by atomic mass is 10.2. The number of carbonyl (C=O) groups is 2. The fraction of sp³-hybridized carbons (Fsp3) is 0.278. The third-order valence-electron chi connectivity index (χ3n) is 3.39. The van der Waals surface area contributed by atoms with Crippen molar-refractivity contribution in [3.8, 4) is 11.6 Å². The monoisotopic (exact) mass is 344 g/mol. The van der Waals surface area contributed by atoms with Gasteiger partial charge in [0.05, 0.1) is 19.3 Å². The van der Waals surface area contributed by atoms with Gasteiger partial charge in [0, 0.05) is 25.2 Å². The summed E-state index contributed by atoms with van der Waals surface area (Å²) in [7, 11) is 1.52. The summed E-state index contributed by atoms with van der Waals surface area (Å²) in [5.41, 5.74) is 1.38. The van der Waals surface area contributed by atoms with E-state index in [2.05, 4.69) is 10.3 Å². The fourth-order valence-corrected chi connectivity index (χ4v) is 2.04. The van der Waals surface area contributed by atoms with Gasteiger partial charge in [0.1, 0.15) is 5.75 Å². The molecule has 0 saturated heterocycles. The van der Waals surface area contributed by atoms with Gasteiger partial charge in [-0.1, -0.05) is 12.1 Å². The summed E-state index contributed by atoms with van der Waals surface area (Å²) in [5.74, 6) is 0.0706. The largest absolute Gasteiger partial charge is 0.494 e. The number of nitrogens with zero attached hydrogens (tertiary/aromatic N) is 1. The zero-order chi connectivity index (χ0) is 18.1. The standard InChI is InChI=1S/C18H20N2O5/c1-24-16-9-6-14(12-19-16)18(23)20-11-13-4-7-15(8-5-13)25-10-2-3-17(21)22/h4-9,12H,2-3,10-11H2,1H3,(H,20,23)(H,21,22). The van der Waals surface area contributed by atoms with Crippen molar-refractivity contribution in [2.24, 2.45) is 0 Å². The highest BCUT2D eigenvalue weighted by Gasteiger charge is 2.06. The number of amides is 1. The van der Waals surface area contributed by atoms with Gasteiger partial charge in [-0.05, 0) is 30.2 Å².